The highest BCUT2D eigenvalue weighted by Crippen LogP contribution is 2.30. The molecule has 0 aliphatic heterocycles. The van der Waals surface area contributed by atoms with Crippen molar-refractivity contribution in [3.05, 3.63) is 52.4 Å². The molecule has 0 bridgehead atoms. The Hall–Kier alpha value is -2.89. The lowest BCUT2D eigenvalue weighted by Crippen LogP contribution is -2.14. The zero-order chi connectivity index (χ0) is 16.0. The van der Waals surface area contributed by atoms with Gasteiger partial charge in [0.15, 0.2) is 0 Å². The molecule has 1 amide bonds. The van der Waals surface area contributed by atoms with Crippen molar-refractivity contribution in [3.63, 3.8) is 0 Å². The summed E-state index contributed by atoms with van der Waals surface area (Å²) < 4.78 is 1.74. The first-order valence-corrected chi connectivity index (χ1v) is 7.61. The van der Waals surface area contributed by atoms with Gasteiger partial charge in [0.05, 0.1) is 16.6 Å². The molecular formula is C17H16N4O2. The molecule has 0 unspecified atom stereocenters. The van der Waals surface area contributed by atoms with Gasteiger partial charge in [-0.05, 0) is 31.4 Å². The lowest BCUT2D eigenvalue weighted by molar-refractivity contribution is -0.117. The zero-order valence-electron chi connectivity index (χ0n) is 12.7. The lowest BCUT2D eigenvalue weighted by atomic mass is 10.2. The number of hydrogen-bond donors (Lipinski definition) is 2. The average molecular weight is 308 g/mol. The Bertz CT molecular complexity index is 966. The predicted molar refractivity (Wildman–Crippen MR) is 87.8 cm³/mol. The number of nitrogens with zero attached hydrogens (tertiary/aromatic N) is 2. The maximum absolute atomic E-state index is 12.1. The van der Waals surface area contributed by atoms with E-state index in [-0.39, 0.29) is 17.4 Å². The number of pyridine rings is 1. The molecule has 6 heteroatoms. The molecule has 116 valence electrons. The SMILES string of the molecule is Cc1ccccc1-n1[nH]c(=O)c2cnc(NC(=O)C3CC3)cc21. The Kier molecular flexibility index (Phi) is 3.04. The largest absolute Gasteiger partial charge is 0.310 e. The summed E-state index contributed by atoms with van der Waals surface area (Å²) in [5, 5.41) is 6.15. The molecule has 1 aliphatic carbocycles. The van der Waals surface area contributed by atoms with E-state index in [1.165, 1.54) is 6.20 Å². The number of fused-ring (bicyclic) bond motifs is 1. The average Bonchev–Trinajstić information content (AvgIpc) is 3.34. The molecule has 2 N–H and O–H groups in total. The summed E-state index contributed by atoms with van der Waals surface area (Å²) in [6, 6.07) is 9.53. The monoisotopic (exact) mass is 308 g/mol. The van der Waals surface area contributed by atoms with E-state index in [1.54, 1.807) is 10.7 Å². The standard InChI is InChI=1S/C17H16N4O2/c1-10-4-2-3-5-13(10)21-14-8-15(19-16(22)11-6-7-11)18-9-12(14)17(23)20-21/h2-5,8-9,11H,6-7H2,1H3,(H,20,23)(H,18,19,22). The fraction of sp³-hybridized carbons (Fsp3) is 0.235. The minimum Gasteiger partial charge on any atom is -0.310 e. The summed E-state index contributed by atoms with van der Waals surface area (Å²) in [6.07, 6.45) is 3.38. The van der Waals surface area contributed by atoms with Crippen LogP contribution in [-0.4, -0.2) is 20.7 Å². The molecule has 0 atom stereocenters. The van der Waals surface area contributed by atoms with Crippen LogP contribution >= 0.6 is 0 Å². The van der Waals surface area contributed by atoms with Crippen LogP contribution < -0.4 is 10.9 Å². The molecular weight excluding hydrogens is 292 g/mol. The minimum atomic E-state index is -0.198. The highest BCUT2D eigenvalue weighted by Gasteiger charge is 2.29. The number of H-pyrrole nitrogens is 1. The molecule has 2 aromatic heterocycles. The van der Waals surface area contributed by atoms with Gasteiger partial charge in [-0.3, -0.25) is 19.4 Å². The van der Waals surface area contributed by atoms with Crippen molar-refractivity contribution in [2.24, 2.45) is 5.92 Å². The number of aryl methyl sites for hydroxylation is 1. The summed E-state index contributed by atoms with van der Waals surface area (Å²) in [5.41, 5.74) is 2.44. The van der Waals surface area contributed by atoms with Gasteiger partial charge in [0.25, 0.3) is 5.56 Å². The number of anilines is 1. The van der Waals surface area contributed by atoms with E-state index in [4.69, 9.17) is 0 Å². The summed E-state index contributed by atoms with van der Waals surface area (Å²) in [7, 11) is 0. The minimum absolute atomic E-state index is 0.00262. The van der Waals surface area contributed by atoms with Crippen molar-refractivity contribution in [1.82, 2.24) is 14.8 Å². The molecule has 1 saturated carbocycles. The molecule has 0 spiro atoms. The van der Waals surface area contributed by atoms with E-state index in [9.17, 15) is 9.59 Å². The third-order valence-corrected chi connectivity index (χ3v) is 4.14. The topological polar surface area (TPSA) is 79.8 Å². The fourth-order valence-electron chi connectivity index (χ4n) is 2.67. The first-order valence-electron chi connectivity index (χ1n) is 7.61. The highest BCUT2D eigenvalue weighted by molar-refractivity contribution is 5.94. The molecule has 23 heavy (non-hydrogen) atoms. The van der Waals surface area contributed by atoms with Gasteiger partial charge in [-0.25, -0.2) is 4.98 Å². The number of benzene rings is 1. The van der Waals surface area contributed by atoms with Gasteiger partial charge >= 0.3 is 0 Å². The number of hydrogen-bond acceptors (Lipinski definition) is 3. The molecule has 1 aliphatic rings. The summed E-state index contributed by atoms with van der Waals surface area (Å²) in [4.78, 5) is 28.2. The molecule has 0 radical (unpaired) electrons. The fourth-order valence-corrected chi connectivity index (χ4v) is 2.67. The van der Waals surface area contributed by atoms with Gasteiger partial charge in [-0.15, -0.1) is 0 Å². The van der Waals surface area contributed by atoms with Gasteiger partial charge in [0.1, 0.15) is 5.82 Å². The van der Waals surface area contributed by atoms with Gasteiger partial charge in [-0.1, -0.05) is 18.2 Å². The number of rotatable bonds is 3. The molecule has 0 saturated heterocycles. The van der Waals surface area contributed by atoms with E-state index >= 15 is 0 Å². The van der Waals surface area contributed by atoms with Crippen molar-refractivity contribution in [3.8, 4) is 5.69 Å². The van der Waals surface area contributed by atoms with E-state index in [0.717, 1.165) is 24.1 Å². The first kappa shape index (κ1) is 13.8. The summed E-state index contributed by atoms with van der Waals surface area (Å²) >= 11 is 0. The Morgan fingerprint density at radius 2 is 2.13 bits per heavy atom. The molecule has 1 aromatic carbocycles. The van der Waals surface area contributed by atoms with Gasteiger partial charge < -0.3 is 5.32 Å². The third-order valence-electron chi connectivity index (χ3n) is 4.14. The number of carbonyl (C=O) groups is 1. The number of para-hydroxylation sites is 1. The van der Waals surface area contributed by atoms with Crippen LogP contribution in [0.1, 0.15) is 18.4 Å². The van der Waals surface area contributed by atoms with Crippen molar-refractivity contribution < 1.29 is 4.79 Å². The molecule has 1 fully saturated rings. The van der Waals surface area contributed by atoms with Crippen LogP contribution in [0.5, 0.6) is 0 Å². The molecule has 4 rings (SSSR count). The maximum atomic E-state index is 12.1. The first-order chi connectivity index (χ1) is 11.1. The smallest absolute Gasteiger partial charge is 0.273 e. The number of nitrogens with one attached hydrogen (secondary N) is 2. The summed E-state index contributed by atoms with van der Waals surface area (Å²) in [6.45, 7) is 1.98. The lowest BCUT2D eigenvalue weighted by Gasteiger charge is -2.09. The van der Waals surface area contributed by atoms with Crippen LogP contribution in [0.4, 0.5) is 5.82 Å². The maximum Gasteiger partial charge on any atom is 0.273 e. The number of amides is 1. The predicted octanol–water partition coefficient (Wildman–Crippen LogP) is 2.37. The zero-order valence-corrected chi connectivity index (χ0v) is 12.7. The van der Waals surface area contributed by atoms with E-state index in [2.05, 4.69) is 15.4 Å². The van der Waals surface area contributed by atoms with E-state index in [1.807, 2.05) is 31.2 Å². The Labute approximate surface area is 132 Å². The highest BCUT2D eigenvalue weighted by atomic mass is 16.2. The second-order valence-electron chi connectivity index (χ2n) is 5.91. The number of aromatic amines is 1. The van der Waals surface area contributed by atoms with Crippen LogP contribution in [-0.2, 0) is 4.79 Å². The second-order valence-corrected chi connectivity index (χ2v) is 5.91. The van der Waals surface area contributed by atoms with Gasteiger partial charge in [0, 0.05) is 18.2 Å². The Morgan fingerprint density at radius 3 is 2.87 bits per heavy atom. The Balaban J connectivity index is 1.83. The van der Waals surface area contributed by atoms with Gasteiger partial charge in [-0.2, -0.15) is 0 Å². The number of carbonyl (C=O) groups excluding carboxylic acids is 1. The van der Waals surface area contributed by atoms with Crippen molar-refractivity contribution in [2.45, 2.75) is 19.8 Å². The van der Waals surface area contributed by atoms with Crippen LogP contribution in [0.3, 0.4) is 0 Å². The van der Waals surface area contributed by atoms with Crippen LogP contribution in [0, 0.1) is 12.8 Å². The summed E-state index contributed by atoms with van der Waals surface area (Å²) in [5.74, 6) is 0.574. The normalized spacial score (nSPS) is 14.1. The molecule has 3 aromatic rings. The Morgan fingerprint density at radius 1 is 1.35 bits per heavy atom. The van der Waals surface area contributed by atoms with Crippen LogP contribution in [0.15, 0.2) is 41.3 Å². The molecule has 6 nitrogen and oxygen atoms in total. The van der Waals surface area contributed by atoms with Crippen LogP contribution in [0.25, 0.3) is 16.6 Å². The van der Waals surface area contributed by atoms with Crippen molar-refractivity contribution in [1.29, 1.82) is 0 Å². The van der Waals surface area contributed by atoms with Gasteiger partial charge in [0.2, 0.25) is 5.91 Å². The van der Waals surface area contributed by atoms with E-state index in [0.29, 0.717) is 16.7 Å². The quantitative estimate of drug-likeness (QED) is 0.779. The van der Waals surface area contributed by atoms with Crippen LogP contribution in [0.2, 0.25) is 0 Å². The second kappa shape index (κ2) is 5.08. The molecule has 2 heterocycles. The third kappa shape index (κ3) is 2.42. The number of aromatic nitrogens is 3. The van der Waals surface area contributed by atoms with Crippen molar-refractivity contribution in [2.75, 3.05) is 5.32 Å². The van der Waals surface area contributed by atoms with Crippen molar-refractivity contribution >= 4 is 22.6 Å². The van der Waals surface area contributed by atoms with E-state index < -0.39 is 0 Å².